The minimum atomic E-state index is -0.373. The summed E-state index contributed by atoms with van der Waals surface area (Å²) >= 11 is 0. The number of nitriles is 1. The Labute approximate surface area is 144 Å². The van der Waals surface area contributed by atoms with Crippen LogP contribution in [0.15, 0.2) is 52.3 Å². The predicted molar refractivity (Wildman–Crippen MR) is 95.9 cm³/mol. The maximum Gasteiger partial charge on any atom is 0.281 e. The zero-order valence-corrected chi connectivity index (χ0v) is 13.8. The number of hydrogen-bond acceptors (Lipinski definition) is 4. The highest BCUT2D eigenvalue weighted by atomic mass is 16.3. The third-order valence-corrected chi connectivity index (χ3v) is 3.85. The first-order valence-corrected chi connectivity index (χ1v) is 7.66. The molecule has 0 atom stereocenters. The molecule has 1 aromatic heterocycles. The van der Waals surface area contributed by atoms with E-state index in [4.69, 9.17) is 0 Å². The number of aromatic hydroxyl groups is 1. The van der Waals surface area contributed by atoms with Gasteiger partial charge in [-0.15, -0.1) is 0 Å². The Morgan fingerprint density at radius 3 is 2.68 bits per heavy atom. The maximum atomic E-state index is 12.7. The van der Waals surface area contributed by atoms with E-state index in [-0.39, 0.29) is 22.6 Å². The van der Waals surface area contributed by atoms with Gasteiger partial charge in [0, 0.05) is 6.21 Å². The highest BCUT2D eigenvalue weighted by molar-refractivity contribution is 5.85. The van der Waals surface area contributed by atoms with E-state index in [2.05, 4.69) is 10.1 Å². The number of aromatic nitrogens is 2. The lowest BCUT2D eigenvalue weighted by atomic mass is 10.1. The lowest BCUT2D eigenvalue weighted by molar-refractivity contribution is 0.477. The lowest BCUT2D eigenvalue weighted by Crippen LogP contribution is -2.18. The molecule has 2 N–H and O–H groups in total. The fraction of sp³-hybridized carbons (Fsp3) is 0.105. The average Bonchev–Trinajstić information content (AvgIpc) is 2.90. The van der Waals surface area contributed by atoms with Gasteiger partial charge in [-0.2, -0.15) is 5.26 Å². The Kier molecular flexibility index (Phi) is 4.23. The van der Waals surface area contributed by atoms with Crippen LogP contribution in [0.25, 0.3) is 5.69 Å². The fourth-order valence-corrected chi connectivity index (χ4v) is 2.59. The summed E-state index contributed by atoms with van der Waals surface area (Å²) in [5.41, 5.74) is 2.89. The molecule has 0 radical (unpaired) electrons. The largest absolute Gasteiger partial charge is 0.506 e. The minimum Gasteiger partial charge on any atom is -0.506 e. The summed E-state index contributed by atoms with van der Waals surface area (Å²) in [7, 11) is 0. The standard InChI is InChI=1S/C19H16N4O2/c1-12-7-8-17(13(2)9-12)23-19(25)14(16(10-20)22-23)11-21-15-5-3-4-6-18(15)24/h3-9,11,22,24H,1-2H3. The monoisotopic (exact) mass is 332 g/mol. The van der Waals surface area contributed by atoms with Crippen molar-refractivity contribution in [2.45, 2.75) is 13.8 Å². The van der Waals surface area contributed by atoms with Crippen LogP contribution < -0.4 is 5.56 Å². The summed E-state index contributed by atoms with van der Waals surface area (Å²) in [5.74, 6) is 0.00231. The summed E-state index contributed by atoms with van der Waals surface area (Å²) in [6.45, 7) is 3.87. The van der Waals surface area contributed by atoms with Crippen molar-refractivity contribution in [3.63, 3.8) is 0 Å². The summed E-state index contributed by atoms with van der Waals surface area (Å²) < 4.78 is 1.33. The molecule has 0 aliphatic rings. The molecule has 0 aliphatic carbocycles. The van der Waals surface area contributed by atoms with Crippen LogP contribution in [0, 0.1) is 25.2 Å². The van der Waals surface area contributed by atoms with Crippen molar-refractivity contribution in [2.75, 3.05) is 0 Å². The number of nitrogens with one attached hydrogen (secondary N) is 1. The number of hydrogen-bond donors (Lipinski definition) is 2. The lowest BCUT2D eigenvalue weighted by Gasteiger charge is -2.06. The molecule has 25 heavy (non-hydrogen) atoms. The molecule has 2 aromatic carbocycles. The molecule has 0 saturated heterocycles. The first-order chi connectivity index (χ1) is 12.0. The number of aromatic amines is 1. The summed E-state index contributed by atoms with van der Waals surface area (Å²) in [5, 5.41) is 21.9. The van der Waals surface area contributed by atoms with E-state index in [0.717, 1.165) is 11.1 Å². The number of para-hydroxylation sites is 2. The molecule has 3 aromatic rings. The van der Waals surface area contributed by atoms with Crippen molar-refractivity contribution < 1.29 is 5.11 Å². The van der Waals surface area contributed by atoms with Gasteiger partial charge in [0.05, 0.1) is 11.3 Å². The van der Waals surface area contributed by atoms with E-state index in [9.17, 15) is 15.2 Å². The second-order valence-corrected chi connectivity index (χ2v) is 5.69. The van der Waals surface area contributed by atoms with Crippen LogP contribution >= 0.6 is 0 Å². The smallest absolute Gasteiger partial charge is 0.281 e. The van der Waals surface area contributed by atoms with Gasteiger partial charge in [-0.1, -0.05) is 29.8 Å². The Hall–Kier alpha value is -3.59. The Morgan fingerprint density at radius 2 is 2.00 bits per heavy atom. The van der Waals surface area contributed by atoms with Gasteiger partial charge < -0.3 is 5.11 Å². The number of aryl methyl sites for hydroxylation is 2. The molecule has 0 unspecified atom stereocenters. The molecular formula is C19H16N4O2. The van der Waals surface area contributed by atoms with Crippen molar-refractivity contribution in [1.82, 2.24) is 9.78 Å². The number of rotatable bonds is 3. The van der Waals surface area contributed by atoms with E-state index in [1.165, 1.54) is 17.0 Å². The molecule has 0 aliphatic heterocycles. The summed E-state index contributed by atoms with van der Waals surface area (Å²) in [6, 6.07) is 14.2. The van der Waals surface area contributed by atoms with E-state index in [0.29, 0.717) is 11.4 Å². The molecule has 0 bridgehead atoms. The van der Waals surface area contributed by atoms with Crippen molar-refractivity contribution in [3.8, 4) is 17.5 Å². The van der Waals surface area contributed by atoms with Gasteiger partial charge in [-0.05, 0) is 37.6 Å². The van der Waals surface area contributed by atoms with Crippen molar-refractivity contribution >= 4 is 11.9 Å². The zero-order chi connectivity index (χ0) is 18.0. The van der Waals surface area contributed by atoms with Crippen molar-refractivity contribution in [1.29, 1.82) is 5.26 Å². The van der Waals surface area contributed by atoms with E-state index >= 15 is 0 Å². The third-order valence-electron chi connectivity index (χ3n) is 3.85. The first kappa shape index (κ1) is 16.3. The number of aliphatic imine (C=N–C) groups is 1. The van der Waals surface area contributed by atoms with Crippen LogP contribution in [0.2, 0.25) is 0 Å². The third kappa shape index (κ3) is 3.08. The second-order valence-electron chi connectivity index (χ2n) is 5.69. The molecule has 0 spiro atoms. The number of H-pyrrole nitrogens is 1. The highest BCUT2D eigenvalue weighted by Crippen LogP contribution is 2.24. The number of nitrogens with zero attached hydrogens (tertiary/aromatic N) is 3. The first-order valence-electron chi connectivity index (χ1n) is 7.66. The zero-order valence-electron chi connectivity index (χ0n) is 13.8. The SMILES string of the molecule is Cc1ccc(-n2[nH]c(C#N)c(C=Nc3ccccc3O)c2=O)c(C)c1. The molecule has 0 saturated carbocycles. The van der Waals surface area contributed by atoms with Gasteiger partial charge in [0.15, 0.2) is 0 Å². The Bertz CT molecular complexity index is 1070. The molecule has 124 valence electrons. The van der Waals surface area contributed by atoms with Gasteiger partial charge in [0.1, 0.15) is 23.2 Å². The normalized spacial score (nSPS) is 10.9. The molecule has 1 heterocycles. The van der Waals surface area contributed by atoms with Gasteiger partial charge in [-0.3, -0.25) is 14.9 Å². The molecular weight excluding hydrogens is 316 g/mol. The number of phenols is 1. The van der Waals surface area contributed by atoms with Gasteiger partial charge >= 0.3 is 0 Å². The second kappa shape index (κ2) is 6.49. The van der Waals surface area contributed by atoms with Crippen LogP contribution in [-0.4, -0.2) is 21.1 Å². The van der Waals surface area contributed by atoms with E-state index in [1.54, 1.807) is 18.2 Å². The quantitative estimate of drug-likeness (QED) is 0.722. The molecule has 3 rings (SSSR count). The topological polar surface area (TPSA) is 94.2 Å². The van der Waals surface area contributed by atoms with Gasteiger partial charge in [-0.25, -0.2) is 4.68 Å². The van der Waals surface area contributed by atoms with Gasteiger partial charge in [0.25, 0.3) is 5.56 Å². The Balaban J connectivity index is 2.10. The van der Waals surface area contributed by atoms with Crippen LogP contribution in [-0.2, 0) is 0 Å². The Morgan fingerprint density at radius 1 is 1.24 bits per heavy atom. The maximum absolute atomic E-state index is 12.7. The summed E-state index contributed by atoms with van der Waals surface area (Å²) in [6.07, 6.45) is 1.30. The fourth-order valence-electron chi connectivity index (χ4n) is 2.59. The van der Waals surface area contributed by atoms with Crippen molar-refractivity contribution in [2.24, 2.45) is 4.99 Å². The van der Waals surface area contributed by atoms with E-state index < -0.39 is 0 Å². The van der Waals surface area contributed by atoms with Crippen LogP contribution in [0.1, 0.15) is 22.4 Å². The molecule has 6 nitrogen and oxygen atoms in total. The molecule has 0 fully saturated rings. The highest BCUT2D eigenvalue weighted by Gasteiger charge is 2.15. The summed E-state index contributed by atoms with van der Waals surface area (Å²) in [4.78, 5) is 16.8. The van der Waals surface area contributed by atoms with Crippen molar-refractivity contribution in [3.05, 3.63) is 75.2 Å². The van der Waals surface area contributed by atoms with Crippen LogP contribution in [0.4, 0.5) is 5.69 Å². The average molecular weight is 332 g/mol. The van der Waals surface area contributed by atoms with E-state index in [1.807, 2.05) is 38.1 Å². The van der Waals surface area contributed by atoms with Crippen LogP contribution in [0.3, 0.4) is 0 Å². The molecule has 6 heteroatoms. The minimum absolute atomic E-state index is 0.00231. The number of benzene rings is 2. The van der Waals surface area contributed by atoms with Crippen LogP contribution in [0.5, 0.6) is 5.75 Å². The molecule has 0 amide bonds. The predicted octanol–water partition coefficient (Wildman–Crippen LogP) is 3.11. The van der Waals surface area contributed by atoms with Gasteiger partial charge in [0.2, 0.25) is 0 Å². The number of phenolic OH excluding ortho intramolecular Hbond substituents is 1.